The fourth-order valence-electron chi connectivity index (χ4n) is 1.92. The van der Waals surface area contributed by atoms with Gasteiger partial charge in [0, 0.05) is 0 Å². The molecule has 4 heteroatoms. The molecule has 0 saturated carbocycles. The zero-order valence-corrected chi connectivity index (χ0v) is 17.9. The molecule has 19 heavy (non-hydrogen) atoms. The first-order valence-electron chi connectivity index (χ1n) is 6.55. The minimum absolute atomic E-state index is 0.503. The van der Waals surface area contributed by atoms with Crippen LogP contribution < -0.4 is 10.6 Å². The Labute approximate surface area is 132 Å². The molecular formula is C15H17BrHgN2. The number of hydrogen-bond acceptors (Lipinski definition) is 2. The Balaban J connectivity index is 1.89. The van der Waals surface area contributed by atoms with E-state index < -0.39 is 22.1 Å². The molecule has 0 aliphatic rings. The van der Waals surface area contributed by atoms with Crippen molar-refractivity contribution in [2.75, 3.05) is 17.2 Å². The van der Waals surface area contributed by atoms with Gasteiger partial charge in [-0.2, -0.15) is 0 Å². The molecule has 1 atom stereocenters. The van der Waals surface area contributed by atoms with Crippen molar-refractivity contribution >= 4 is 23.3 Å². The van der Waals surface area contributed by atoms with Gasteiger partial charge in [-0.15, -0.1) is 0 Å². The summed E-state index contributed by atoms with van der Waals surface area (Å²) in [5.74, 6) is 0. The summed E-state index contributed by atoms with van der Waals surface area (Å²) in [6, 6.07) is 21.3. The van der Waals surface area contributed by atoms with Crippen LogP contribution in [0.25, 0.3) is 0 Å². The van der Waals surface area contributed by atoms with Crippen LogP contribution in [-0.4, -0.2) is 12.6 Å². The Morgan fingerprint density at radius 3 is 2.05 bits per heavy atom. The Hall–Kier alpha value is -0.545. The number of nitrogens with one attached hydrogen (secondary N) is 2. The van der Waals surface area contributed by atoms with Crippen LogP contribution in [0.1, 0.15) is 0 Å². The molecule has 0 spiro atoms. The van der Waals surface area contributed by atoms with E-state index in [0.717, 1.165) is 6.54 Å². The van der Waals surface area contributed by atoms with E-state index in [0.29, 0.717) is 6.04 Å². The number of para-hydroxylation sites is 2. The van der Waals surface area contributed by atoms with Gasteiger partial charge in [-0.3, -0.25) is 0 Å². The predicted octanol–water partition coefficient (Wildman–Crippen LogP) is 4.39. The fourth-order valence-corrected chi connectivity index (χ4v) is 9.15. The van der Waals surface area contributed by atoms with Gasteiger partial charge in [-0.25, -0.2) is 0 Å². The number of rotatable bonds is 7. The molecular weight excluding hydrogens is 489 g/mol. The molecule has 96 valence electrons. The summed E-state index contributed by atoms with van der Waals surface area (Å²) in [4.78, 5) is 0. The Kier molecular flexibility index (Phi) is 6.72. The maximum absolute atomic E-state index is 3.74. The summed E-state index contributed by atoms with van der Waals surface area (Å²) in [7, 11) is 0. The zero-order chi connectivity index (χ0) is 13.3. The van der Waals surface area contributed by atoms with Crippen LogP contribution in [0.5, 0.6) is 0 Å². The second-order valence-electron chi connectivity index (χ2n) is 4.43. The molecule has 0 aliphatic heterocycles. The molecule has 0 radical (unpaired) electrons. The van der Waals surface area contributed by atoms with Crippen molar-refractivity contribution in [3.63, 3.8) is 0 Å². The second kappa shape index (κ2) is 8.59. The van der Waals surface area contributed by atoms with Crippen LogP contribution in [-0.2, 0) is 22.1 Å². The predicted molar refractivity (Wildman–Crippen MR) is 82.5 cm³/mol. The average Bonchev–Trinajstić information content (AvgIpc) is 2.47. The molecule has 0 saturated heterocycles. The first kappa shape index (κ1) is 14.9. The zero-order valence-electron chi connectivity index (χ0n) is 10.9. The van der Waals surface area contributed by atoms with E-state index in [2.05, 4.69) is 71.1 Å². The molecule has 2 nitrogen and oxygen atoms in total. The number of benzene rings is 2. The molecule has 0 bridgehead atoms. The molecule has 2 aromatic carbocycles. The van der Waals surface area contributed by atoms with Gasteiger partial charge in [0.1, 0.15) is 0 Å². The third kappa shape index (κ3) is 5.53. The molecule has 0 aliphatic carbocycles. The topological polar surface area (TPSA) is 24.1 Å². The number of halogens is 1. The molecule has 0 amide bonds. The number of anilines is 2. The van der Waals surface area contributed by atoms with Gasteiger partial charge in [0.05, 0.1) is 0 Å². The van der Waals surface area contributed by atoms with Crippen molar-refractivity contribution in [1.82, 2.24) is 0 Å². The summed E-state index contributed by atoms with van der Waals surface area (Å²) in [6.45, 7) is 0.963. The standard InChI is InChI=1S/C15H17N2.BrH.Hg/c1-13(17-15-10-6-3-7-11-15)12-16-14-8-4-2-5-9-14;;/h2-11,13,16-17H,1,12H2;1H;/q;;+1/p-1. The minimum atomic E-state index is -0.820. The van der Waals surface area contributed by atoms with E-state index in [1.54, 1.807) is 0 Å². The van der Waals surface area contributed by atoms with E-state index in [-0.39, 0.29) is 0 Å². The van der Waals surface area contributed by atoms with Crippen molar-refractivity contribution in [2.45, 2.75) is 9.97 Å². The van der Waals surface area contributed by atoms with Gasteiger partial charge in [-0.1, -0.05) is 0 Å². The van der Waals surface area contributed by atoms with Crippen molar-refractivity contribution in [1.29, 1.82) is 0 Å². The van der Waals surface area contributed by atoms with Gasteiger partial charge >= 0.3 is 133 Å². The summed E-state index contributed by atoms with van der Waals surface area (Å²) in [6.07, 6.45) is 0. The van der Waals surface area contributed by atoms with Crippen LogP contribution in [0, 0.1) is 0 Å². The van der Waals surface area contributed by atoms with Gasteiger partial charge in [0.2, 0.25) is 0 Å². The Morgan fingerprint density at radius 1 is 0.895 bits per heavy atom. The van der Waals surface area contributed by atoms with Crippen LogP contribution >= 0.6 is 11.9 Å². The van der Waals surface area contributed by atoms with Gasteiger partial charge in [0.15, 0.2) is 0 Å². The molecule has 2 N–H and O–H groups in total. The summed E-state index contributed by atoms with van der Waals surface area (Å²) >= 11 is 2.92. The second-order valence-corrected chi connectivity index (χ2v) is 15.1. The monoisotopic (exact) mass is 506 g/mol. The van der Waals surface area contributed by atoms with Crippen LogP contribution in [0.2, 0.25) is 3.93 Å². The van der Waals surface area contributed by atoms with Crippen LogP contribution in [0.4, 0.5) is 11.4 Å². The van der Waals surface area contributed by atoms with Crippen molar-refractivity contribution in [3.8, 4) is 0 Å². The van der Waals surface area contributed by atoms with E-state index in [4.69, 9.17) is 0 Å². The first-order chi connectivity index (χ1) is 9.38. The van der Waals surface area contributed by atoms with E-state index in [1.165, 1.54) is 15.3 Å². The molecule has 0 fully saturated rings. The van der Waals surface area contributed by atoms with Crippen molar-refractivity contribution in [3.05, 3.63) is 60.7 Å². The summed E-state index contributed by atoms with van der Waals surface area (Å²) < 4.78 is 1.30. The van der Waals surface area contributed by atoms with E-state index in [9.17, 15) is 0 Å². The average molecular weight is 506 g/mol. The first-order valence-corrected chi connectivity index (χ1v) is 22.4. The number of hydrogen-bond donors (Lipinski definition) is 2. The van der Waals surface area contributed by atoms with E-state index in [1.807, 2.05) is 12.1 Å². The van der Waals surface area contributed by atoms with Crippen LogP contribution in [0.3, 0.4) is 0 Å². The summed E-state index contributed by atoms with van der Waals surface area (Å²) in [5.41, 5.74) is 2.39. The summed E-state index contributed by atoms with van der Waals surface area (Å²) in [5, 5.41) is 7.12. The maximum atomic E-state index is 3.74. The van der Waals surface area contributed by atoms with Gasteiger partial charge in [0.25, 0.3) is 0 Å². The van der Waals surface area contributed by atoms with Gasteiger partial charge < -0.3 is 0 Å². The fraction of sp³-hybridized carbons (Fsp3) is 0.200. The normalized spacial score (nSPS) is 11.4. The van der Waals surface area contributed by atoms with Crippen molar-refractivity contribution < 1.29 is 22.1 Å². The molecule has 1 unspecified atom stereocenters. The van der Waals surface area contributed by atoms with E-state index >= 15 is 0 Å². The molecule has 0 aromatic heterocycles. The Bertz CT molecular complexity index is 464. The third-order valence-corrected chi connectivity index (χ3v) is 10.5. The SMILES string of the molecule is [Br][Hg][CH2]C(CNc1ccccc1)Nc1ccccc1. The quantitative estimate of drug-likeness (QED) is 0.546. The van der Waals surface area contributed by atoms with Gasteiger partial charge in [-0.05, 0) is 0 Å². The third-order valence-electron chi connectivity index (χ3n) is 2.93. The van der Waals surface area contributed by atoms with Crippen LogP contribution in [0.15, 0.2) is 60.7 Å². The molecule has 2 rings (SSSR count). The Morgan fingerprint density at radius 2 is 1.47 bits per heavy atom. The molecule has 2 aromatic rings. The molecule has 0 heterocycles. The van der Waals surface area contributed by atoms with Crippen molar-refractivity contribution in [2.24, 2.45) is 0 Å².